The Hall–Kier alpha value is -0.860. The number of hydrogen-bond acceptors (Lipinski definition) is 2. The van der Waals surface area contributed by atoms with Crippen molar-refractivity contribution in [3.8, 4) is 0 Å². The average molecular weight is 249 g/mol. The van der Waals surface area contributed by atoms with Crippen LogP contribution in [0.15, 0.2) is 24.3 Å². The molecule has 1 aromatic rings. The summed E-state index contributed by atoms with van der Waals surface area (Å²) in [5.74, 6) is 0. The average Bonchev–Trinajstić information content (AvgIpc) is 2.40. The molecular weight excluding hydrogens is 222 g/mol. The van der Waals surface area contributed by atoms with E-state index in [9.17, 15) is 0 Å². The highest BCUT2D eigenvalue weighted by molar-refractivity contribution is 5.26. The molecule has 0 aliphatic heterocycles. The summed E-state index contributed by atoms with van der Waals surface area (Å²) in [6.07, 6.45) is 2.42. The van der Waals surface area contributed by atoms with Crippen LogP contribution in [0.2, 0.25) is 0 Å². The zero-order valence-corrected chi connectivity index (χ0v) is 12.2. The summed E-state index contributed by atoms with van der Waals surface area (Å²) in [7, 11) is 0. The van der Waals surface area contributed by atoms with Gasteiger partial charge in [0.1, 0.15) is 0 Å². The third-order valence-electron chi connectivity index (χ3n) is 3.23. The second kappa shape index (κ2) is 8.28. The molecule has 0 saturated carbocycles. The van der Waals surface area contributed by atoms with Crippen LogP contribution in [0, 0.1) is 0 Å². The predicted molar refractivity (Wildman–Crippen MR) is 77.9 cm³/mol. The maximum Gasteiger partial charge on any atom is 0.0741 e. The van der Waals surface area contributed by atoms with Crippen molar-refractivity contribution in [1.29, 1.82) is 0 Å². The van der Waals surface area contributed by atoms with Crippen molar-refractivity contribution in [3.63, 3.8) is 0 Å². The van der Waals surface area contributed by atoms with E-state index in [0.29, 0.717) is 0 Å². The third-order valence-corrected chi connectivity index (χ3v) is 3.23. The van der Waals surface area contributed by atoms with Gasteiger partial charge in [0, 0.05) is 6.61 Å². The fourth-order valence-corrected chi connectivity index (χ4v) is 2.22. The van der Waals surface area contributed by atoms with Crippen LogP contribution in [0.5, 0.6) is 0 Å². The molecule has 2 unspecified atom stereocenters. The number of rotatable bonds is 8. The molecule has 102 valence electrons. The highest BCUT2D eigenvalue weighted by Crippen LogP contribution is 2.20. The monoisotopic (exact) mass is 249 g/mol. The first-order valence-corrected chi connectivity index (χ1v) is 7.16. The van der Waals surface area contributed by atoms with E-state index in [1.165, 1.54) is 11.1 Å². The highest BCUT2D eigenvalue weighted by atomic mass is 16.5. The molecule has 0 amide bonds. The molecule has 18 heavy (non-hydrogen) atoms. The molecule has 0 bridgehead atoms. The van der Waals surface area contributed by atoms with Crippen LogP contribution >= 0.6 is 0 Å². The Kier molecular flexibility index (Phi) is 6.99. The molecule has 0 heterocycles. The molecule has 0 aliphatic rings. The Morgan fingerprint density at radius 1 is 1.22 bits per heavy atom. The van der Waals surface area contributed by atoms with E-state index in [2.05, 4.69) is 57.3 Å². The largest absolute Gasteiger partial charge is 0.377 e. The van der Waals surface area contributed by atoms with Crippen molar-refractivity contribution in [3.05, 3.63) is 35.4 Å². The van der Waals surface area contributed by atoms with Crippen molar-refractivity contribution in [2.24, 2.45) is 0 Å². The van der Waals surface area contributed by atoms with Gasteiger partial charge >= 0.3 is 0 Å². The summed E-state index contributed by atoms with van der Waals surface area (Å²) in [4.78, 5) is 0. The lowest BCUT2D eigenvalue weighted by atomic mass is 9.99. The number of aryl methyl sites for hydroxylation is 1. The van der Waals surface area contributed by atoms with Gasteiger partial charge in [0.05, 0.1) is 12.1 Å². The Balaban J connectivity index is 2.85. The normalized spacial score (nSPS) is 14.4. The van der Waals surface area contributed by atoms with Gasteiger partial charge < -0.3 is 10.1 Å². The minimum atomic E-state index is 0.202. The van der Waals surface area contributed by atoms with Crippen molar-refractivity contribution in [2.75, 3.05) is 13.2 Å². The van der Waals surface area contributed by atoms with Gasteiger partial charge in [-0.15, -0.1) is 0 Å². The van der Waals surface area contributed by atoms with Gasteiger partial charge in [-0.25, -0.2) is 0 Å². The molecular formula is C16H27NO. The van der Waals surface area contributed by atoms with E-state index in [0.717, 1.165) is 26.0 Å². The third kappa shape index (κ3) is 4.43. The lowest BCUT2D eigenvalue weighted by molar-refractivity contribution is 0.0472. The summed E-state index contributed by atoms with van der Waals surface area (Å²) >= 11 is 0. The van der Waals surface area contributed by atoms with E-state index in [-0.39, 0.29) is 12.1 Å². The zero-order valence-electron chi connectivity index (χ0n) is 12.2. The maximum atomic E-state index is 5.77. The molecule has 1 rings (SSSR count). The van der Waals surface area contributed by atoms with E-state index >= 15 is 0 Å². The van der Waals surface area contributed by atoms with Crippen LogP contribution < -0.4 is 5.32 Å². The van der Waals surface area contributed by atoms with Crippen molar-refractivity contribution < 1.29 is 4.74 Å². The van der Waals surface area contributed by atoms with Gasteiger partial charge in [0.15, 0.2) is 0 Å². The van der Waals surface area contributed by atoms with Crippen LogP contribution in [0.25, 0.3) is 0 Å². The van der Waals surface area contributed by atoms with Crippen LogP contribution in [0.3, 0.4) is 0 Å². The minimum Gasteiger partial charge on any atom is -0.377 e. The molecule has 2 heteroatoms. The highest BCUT2D eigenvalue weighted by Gasteiger charge is 2.18. The fraction of sp³-hybridized carbons (Fsp3) is 0.625. The molecule has 0 aromatic heterocycles. The number of ether oxygens (including phenoxy) is 1. The molecule has 0 radical (unpaired) electrons. The number of nitrogens with one attached hydrogen (secondary N) is 1. The lowest BCUT2D eigenvalue weighted by Gasteiger charge is -2.26. The number of hydrogen-bond donors (Lipinski definition) is 1. The Morgan fingerprint density at radius 2 is 2.00 bits per heavy atom. The summed E-state index contributed by atoms with van der Waals surface area (Å²) in [5, 5.41) is 3.60. The second-order valence-corrected chi connectivity index (χ2v) is 4.69. The predicted octanol–water partition coefficient (Wildman–Crippen LogP) is 3.71. The van der Waals surface area contributed by atoms with Gasteiger partial charge in [-0.05, 0) is 44.4 Å². The van der Waals surface area contributed by atoms with Crippen molar-refractivity contribution in [1.82, 2.24) is 5.32 Å². The Labute approximate surface area is 112 Å². The molecule has 0 saturated heterocycles. The lowest BCUT2D eigenvalue weighted by Crippen LogP contribution is -2.32. The smallest absolute Gasteiger partial charge is 0.0741 e. The maximum absolute atomic E-state index is 5.77. The van der Waals surface area contributed by atoms with Gasteiger partial charge in [0.25, 0.3) is 0 Å². The molecule has 1 aromatic carbocycles. The van der Waals surface area contributed by atoms with Crippen LogP contribution in [0.4, 0.5) is 0 Å². The van der Waals surface area contributed by atoms with Gasteiger partial charge in [-0.3, -0.25) is 0 Å². The van der Waals surface area contributed by atoms with Gasteiger partial charge in [-0.2, -0.15) is 0 Å². The molecule has 1 N–H and O–H groups in total. The number of benzene rings is 1. The van der Waals surface area contributed by atoms with Crippen LogP contribution in [-0.4, -0.2) is 19.3 Å². The summed E-state index contributed by atoms with van der Waals surface area (Å²) in [5.41, 5.74) is 2.73. The first-order chi connectivity index (χ1) is 8.72. The van der Waals surface area contributed by atoms with Crippen LogP contribution in [-0.2, 0) is 11.2 Å². The molecule has 2 nitrogen and oxygen atoms in total. The van der Waals surface area contributed by atoms with Gasteiger partial charge in [0.2, 0.25) is 0 Å². The minimum absolute atomic E-state index is 0.202. The SMILES string of the molecule is CCCNC(c1cccc(CC)c1)C(C)OCC. The van der Waals surface area contributed by atoms with E-state index in [1.807, 2.05) is 0 Å². The molecule has 2 atom stereocenters. The first-order valence-electron chi connectivity index (χ1n) is 7.16. The van der Waals surface area contributed by atoms with E-state index in [1.54, 1.807) is 0 Å². The Morgan fingerprint density at radius 3 is 2.61 bits per heavy atom. The summed E-state index contributed by atoms with van der Waals surface area (Å²) in [6.45, 7) is 10.4. The summed E-state index contributed by atoms with van der Waals surface area (Å²) < 4.78 is 5.77. The molecule has 0 spiro atoms. The van der Waals surface area contributed by atoms with Gasteiger partial charge in [-0.1, -0.05) is 38.1 Å². The van der Waals surface area contributed by atoms with Crippen molar-refractivity contribution >= 4 is 0 Å². The molecule has 0 fully saturated rings. The zero-order chi connectivity index (χ0) is 13.4. The fourth-order valence-electron chi connectivity index (χ4n) is 2.22. The standard InChI is InChI=1S/C16H27NO/c1-5-11-17-16(13(4)18-7-3)15-10-8-9-14(6-2)12-15/h8-10,12-13,16-17H,5-7,11H2,1-4H3. The van der Waals surface area contributed by atoms with E-state index < -0.39 is 0 Å². The topological polar surface area (TPSA) is 21.3 Å². The Bertz CT molecular complexity index is 338. The molecule has 0 aliphatic carbocycles. The van der Waals surface area contributed by atoms with E-state index in [4.69, 9.17) is 4.74 Å². The first kappa shape index (κ1) is 15.2. The van der Waals surface area contributed by atoms with Crippen LogP contribution in [0.1, 0.15) is 51.3 Å². The quantitative estimate of drug-likeness (QED) is 0.758. The van der Waals surface area contributed by atoms with Crippen molar-refractivity contribution in [2.45, 2.75) is 52.7 Å². The second-order valence-electron chi connectivity index (χ2n) is 4.69. The summed E-state index contributed by atoms with van der Waals surface area (Å²) in [6, 6.07) is 9.11.